The van der Waals surface area contributed by atoms with E-state index in [4.69, 9.17) is 21.1 Å². The van der Waals surface area contributed by atoms with Gasteiger partial charge in [0.2, 0.25) is 0 Å². The van der Waals surface area contributed by atoms with Gasteiger partial charge in [0.25, 0.3) is 0 Å². The Bertz CT molecular complexity index is 491. The van der Waals surface area contributed by atoms with Gasteiger partial charge in [-0.25, -0.2) is 0 Å². The van der Waals surface area contributed by atoms with Gasteiger partial charge in [0.1, 0.15) is 11.5 Å². The molecular weight excluding hydrogens is 276 g/mol. The molecule has 112 valence electrons. The number of rotatable bonds is 3. The Labute approximate surface area is 126 Å². The first kappa shape index (κ1) is 15.3. The first-order valence-corrected chi connectivity index (χ1v) is 7.19. The maximum Gasteiger partial charge on any atom is 0.143 e. The Morgan fingerprint density at radius 2 is 1.90 bits per heavy atom. The van der Waals surface area contributed by atoms with Crippen molar-refractivity contribution in [3.8, 4) is 11.5 Å². The van der Waals surface area contributed by atoms with Gasteiger partial charge in [-0.05, 0) is 20.8 Å². The SMILES string of the molecule is COc1cc(N2CC(C)(C)NCC2C)c(OC)cc1Cl. The summed E-state index contributed by atoms with van der Waals surface area (Å²) in [6, 6.07) is 4.15. The lowest BCUT2D eigenvalue weighted by Crippen LogP contribution is -2.61. The summed E-state index contributed by atoms with van der Waals surface area (Å²) < 4.78 is 10.8. The standard InChI is InChI=1S/C15H23ClN2O2/c1-10-8-17-15(2,3)9-18(10)12-7-13(19-4)11(16)6-14(12)20-5/h6-7,10,17H,8-9H2,1-5H3. The zero-order valence-electron chi connectivity index (χ0n) is 12.8. The van der Waals surface area contributed by atoms with Crippen molar-refractivity contribution in [2.45, 2.75) is 32.4 Å². The van der Waals surface area contributed by atoms with E-state index in [1.165, 1.54) is 0 Å². The van der Waals surface area contributed by atoms with E-state index in [0.717, 1.165) is 24.5 Å². The van der Waals surface area contributed by atoms with Crippen molar-refractivity contribution in [1.29, 1.82) is 0 Å². The first-order valence-electron chi connectivity index (χ1n) is 6.81. The van der Waals surface area contributed by atoms with E-state index in [9.17, 15) is 0 Å². The molecule has 1 N–H and O–H groups in total. The second-order valence-corrected chi connectivity index (χ2v) is 6.31. The normalized spacial score (nSPS) is 21.7. The van der Waals surface area contributed by atoms with Crippen LogP contribution in [0.3, 0.4) is 0 Å². The lowest BCUT2D eigenvalue weighted by atomic mass is 9.98. The van der Waals surface area contributed by atoms with Crippen LogP contribution in [-0.2, 0) is 0 Å². The maximum atomic E-state index is 6.18. The summed E-state index contributed by atoms with van der Waals surface area (Å²) in [4.78, 5) is 2.34. The third-order valence-corrected chi connectivity index (χ3v) is 4.03. The van der Waals surface area contributed by atoms with Crippen molar-refractivity contribution >= 4 is 17.3 Å². The van der Waals surface area contributed by atoms with E-state index < -0.39 is 0 Å². The fourth-order valence-electron chi connectivity index (χ4n) is 2.56. The van der Waals surface area contributed by atoms with Crippen molar-refractivity contribution in [3.63, 3.8) is 0 Å². The van der Waals surface area contributed by atoms with Crippen molar-refractivity contribution in [2.75, 3.05) is 32.2 Å². The Kier molecular flexibility index (Phi) is 4.35. The molecule has 1 aromatic rings. The summed E-state index contributed by atoms with van der Waals surface area (Å²) in [5.41, 5.74) is 1.08. The van der Waals surface area contributed by atoms with Crippen LogP contribution in [0.1, 0.15) is 20.8 Å². The summed E-state index contributed by atoms with van der Waals surface area (Å²) >= 11 is 6.18. The van der Waals surface area contributed by atoms with E-state index in [-0.39, 0.29) is 5.54 Å². The van der Waals surface area contributed by atoms with Gasteiger partial charge in [-0.15, -0.1) is 0 Å². The Morgan fingerprint density at radius 3 is 2.50 bits per heavy atom. The molecule has 20 heavy (non-hydrogen) atoms. The summed E-state index contributed by atoms with van der Waals surface area (Å²) in [7, 11) is 3.29. The fourth-order valence-corrected chi connectivity index (χ4v) is 2.79. The number of halogens is 1. The third kappa shape index (κ3) is 2.96. The van der Waals surface area contributed by atoms with Crippen LogP contribution in [-0.4, -0.2) is 38.9 Å². The molecule has 1 saturated heterocycles. The van der Waals surface area contributed by atoms with Crippen LogP contribution in [0.5, 0.6) is 11.5 Å². The molecule has 0 aromatic heterocycles. The molecule has 1 fully saturated rings. The lowest BCUT2D eigenvalue weighted by molar-refractivity contribution is 0.314. The van der Waals surface area contributed by atoms with E-state index >= 15 is 0 Å². The number of hydrogen-bond acceptors (Lipinski definition) is 4. The molecular formula is C15H23ClN2O2. The molecule has 5 heteroatoms. The van der Waals surface area contributed by atoms with Gasteiger partial charge in [0.15, 0.2) is 0 Å². The summed E-state index contributed by atoms with van der Waals surface area (Å²) in [6.07, 6.45) is 0. The molecule has 4 nitrogen and oxygen atoms in total. The van der Waals surface area contributed by atoms with Crippen LogP contribution in [0.15, 0.2) is 12.1 Å². The quantitative estimate of drug-likeness (QED) is 0.930. The smallest absolute Gasteiger partial charge is 0.143 e. The summed E-state index contributed by atoms with van der Waals surface area (Å²) in [6.45, 7) is 8.43. The molecule has 1 heterocycles. The van der Waals surface area contributed by atoms with E-state index in [2.05, 4.69) is 31.0 Å². The Balaban J connectivity index is 2.44. The topological polar surface area (TPSA) is 33.7 Å². The number of ether oxygens (including phenoxy) is 2. The van der Waals surface area contributed by atoms with Gasteiger partial charge in [0.05, 0.1) is 24.9 Å². The number of benzene rings is 1. The van der Waals surface area contributed by atoms with Gasteiger partial charge >= 0.3 is 0 Å². The molecule has 0 aliphatic carbocycles. The van der Waals surface area contributed by atoms with Crippen LogP contribution in [0, 0.1) is 0 Å². The second kappa shape index (κ2) is 5.70. The van der Waals surface area contributed by atoms with Crippen molar-refractivity contribution in [3.05, 3.63) is 17.2 Å². The highest BCUT2D eigenvalue weighted by Gasteiger charge is 2.32. The molecule has 1 atom stereocenters. The molecule has 1 aliphatic heterocycles. The highest BCUT2D eigenvalue weighted by Crippen LogP contribution is 2.39. The van der Waals surface area contributed by atoms with E-state index in [1.54, 1.807) is 14.2 Å². The molecule has 1 aliphatic rings. The molecule has 0 amide bonds. The highest BCUT2D eigenvalue weighted by atomic mass is 35.5. The predicted octanol–water partition coefficient (Wildman–Crippen LogP) is 2.93. The van der Waals surface area contributed by atoms with Crippen molar-refractivity contribution in [2.24, 2.45) is 0 Å². The molecule has 1 unspecified atom stereocenters. The monoisotopic (exact) mass is 298 g/mol. The number of nitrogens with one attached hydrogen (secondary N) is 1. The second-order valence-electron chi connectivity index (χ2n) is 5.90. The molecule has 0 radical (unpaired) electrons. The van der Waals surface area contributed by atoms with Crippen molar-refractivity contribution in [1.82, 2.24) is 5.32 Å². The highest BCUT2D eigenvalue weighted by molar-refractivity contribution is 6.32. The van der Waals surface area contributed by atoms with Gasteiger partial charge in [-0.2, -0.15) is 0 Å². The fraction of sp³-hybridized carbons (Fsp3) is 0.600. The zero-order valence-corrected chi connectivity index (χ0v) is 13.5. The van der Waals surface area contributed by atoms with Gasteiger partial charge in [0, 0.05) is 36.8 Å². The summed E-state index contributed by atoms with van der Waals surface area (Å²) in [5, 5.41) is 4.11. The molecule has 0 saturated carbocycles. The number of nitrogens with zero attached hydrogens (tertiary/aromatic N) is 1. The molecule has 1 aromatic carbocycles. The number of hydrogen-bond donors (Lipinski definition) is 1. The average molecular weight is 299 g/mol. The van der Waals surface area contributed by atoms with Crippen LogP contribution in [0.25, 0.3) is 0 Å². The third-order valence-electron chi connectivity index (χ3n) is 3.74. The van der Waals surface area contributed by atoms with Gasteiger partial charge in [-0.1, -0.05) is 11.6 Å². The first-order chi connectivity index (χ1) is 9.38. The van der Waals surface area contributed by atoms with Crippen molar-refractivity contribution < 1.29 is 9.47 Å². The number of piperazine rings is 1. The van der Waals surface area contributed by atoms with Crippen LogP contribution in [0.2, 0.25) is 5.02 Å². The maximum absolute atomic E-state index is 6.18. The predicted molar refractivity (Wildman–Crippen MR) is 83.4 cm³/mol. The molecule has 2 rings (SSSR count). The average Bonchev–Trinajstić information content (AvgIpc) is 2.41. The van der Waals surface area contributed by atoms with Crippen LogP contribution >= 0.6 is 11.6 Å². The largest absolute Gasteiger partial charge is 0.495 e. The minimum Gasteiger partial charge on any atom is -0.495 e. The minimum atomic E-state index is 0.0599. The van der Waals surface area contributed by atoms with E-state index in [0.29, 0.717) is 16.8 Å². The van der Waals surface area contributed by atoms with Crippen LogP contribution in [0.4, 0.5) is 5.69 Å². The Morgan fingerprint density at radius 1 is 1.25 bits per heavy atom. The molecule has 0 spiro atoms. The number of methoxy groups -OCH3 is 2. The zero-order chi connectivity index (χ0) is 14.9. The van der Waals surface area contributed by atoms with E-state index in [1.807, 2.05) is 12.1 Å². The summed E-state index contributed by atoms with van der Waals surface area (Å²) in [5.74, 6) is 1.45. The van der Waals surface area contributed by atoms with Crippen LogP contribution < -0.4 is 19.7 Å². The van der Waals surface area contributed by atoms with Gasteiger partial charge < -0.3 is 19.7 Å². The van der Waals surface area contributed by atoms with Gasteiger partial charge in [-0.3, -0.25) is 0 Å². The Hall–Kier alpha value is -1.13. The molecule has 0 bridgehead atoms. The number of anilines is 1. The lowest BCUT2D eigenvalue weighted by Gasteiger charge is -2.45. The minimum absolute atomic E-state index is 0.0599.